The van der Waals surface area contributed by atoms with Crippen molar-refractivity contribution in [2.75, 3.05) is 0 Å². The van der Waals surface area contributed by atoms with E-state index < -0.39 is 17.4 Å². The van der Waals surface area contributed by atoms with Crippen LogP contribution < -0.4 is 5.32 Å². The van der Waals surface area contributed by atoms with Crippen molar-refractivity contribution >= 4 is 23.4 Å². The molecule has 0 saturated carbocycles. The summed E-state index contributed by atoms with van der Waals surface area (Å²) >= 11 is 6.23. The molecule has 0 unspecified atom stereocenters. The summed E-state index contributed by atoms with van der Waals surface area (Å²) in [5.74, 6) is -1.18. The number of halogens is 2. The minimum Gasteiger partial charge on any atom is -0.350 e. The zero-order valence-corrected chi connectivity index (χ0v) is 21.4. The number of carbonyl (C=O) groups is 2. The van der Waals surface area contributed by atoms with Gasteiger partial charge in [0.25, 0.3) is 0 Å². The number of hydrogen-bond donors (Lipinski definition) is 1. The Morgan fingerprint density at radius 3 is 2.26 bits per heavy atom. The van der Waals surface area contributed by atoms with Crippen molar-refractivity contribution in [3.63, 3.8) is 0 Å². The van der Waals surface area contributed by atoms with Crippen molar-refractivity contribution in [1.29, 1.82) is 0 Å². The van der Waals surface area contributed by atoms with Crippen LogP contribution in [0.2, 0.25) is 5.02 Å². The fourth-order valence-electron chi connectivity index (χ4n) is 3.97. The number of benzene rings is 3. The maximum absolute atomic E-state index is 14.5. The highest BCUT2D eigenvalue weighted by atomic mass is 35.5. The van der Waals surface area contributed by atoms with Crippen molar-refractivity contribution in [3.8, 4) is 0 Å². The van der Waals surface area contributed by atoms with Crippen molar-refractivity contribution in [1.82, 2.24) is 10.2 Å². The Labute approximate surface area is 212 Å². The van der Waals surface area contributed by atoms with E-state index in [4.69, 9.17) is 11.6 Å². The third kappa shape index (κ3) is 7.66. The second-order valence-electron chi connectivity index (χ2n) is 9.83. The van der Waals surface area contributed by atoms with Gasteiger partial charge >= 0.3 is 0 Å². The zero-order valence-electron chi connectivity index (χ0n) is 20.6. The molecule has 1 atom stereocenters. The Balaban J connectivity index is 2.03. The Bertz CT molecular complexity index is 1150. The zero-order chi connectivity index (χ0) is 25.6. The number of nitrogens with zero attached hydrogens (tertiary/aromatic N) is 1. The van der Waals surface area contributed by atoms with Crippen LogP contribution in [0.3, 0.4) is 0 Å². The fraction of sp³-hybridized carbons (Fsp3) is 0.310. The van der Waals surface area contributed by atoms with Gasteiger partial charge in [0.1, 0.15) is 11.9 Å². The predicted molar refractivity (Wildman–Crippen MR) is 139 cm³/mol. The van der Waals surface area contributed by atoms with E-state index in [0.29, 0.717) is 6.42 Å². The van der Waals surface area contributed by atoms with E-state index in [-0.39, 0.29) is 35.4 Å². The topological polar surface area (TPSA) is 49.4 Å². The molecule has 0 aromatic heterocycles. The Morgan fingerprint density at radius 1 is 0.971 bits per heavy atom. The molecule has 0 saturated heterocycles. The molecular weight excluding hydrogens is 463 g/mol. The molecule has 184 valence electrons. The molecule has 2 amide bonds. The summed E-state index contributed by atoms with van der Waals surface area (Å²) in [5.41, 5.74) is 2.50. The predicted octanol–water partition coefficient (Wildman–Crippen LogP) is 5.88. The summed E-state index contributed by atoms with van der Waals surface area (Å²) in [6.07, 6.45) is 0.0801. The highest BCUT2D eigenvalue weighted by molar-refractivity contribution is 6.31. The Kier molecular flexibility index (Phi) is 8.68. The molecule has 0 aliphatic rings. The summed E-state index contributed by atoms with van der Waals surface area (Å²) in [7, 11) is 0. The lowest BCUT2D eigenvalue weighted by Gasteiger charge is -2.34. The molecule has 0 aliphatic carbocycles. The van der Waals surface area contributed by atoms with Crippen LogP contribution in [-0.4, -0.2) is 28.3 Å². The minimum atomic E-state index is -0.796. The molecule has 3 aromatic carbocycles. The molecule has 0 bridgehead atoms. The SMILES string of the molecule is Cc1cccc(CN(C(=O)Cc2c(F)cccc2Cl)[C@@H](Cc2ccccc2)C(=O)NC(C)(C)C)c1. The van der Waals surface area contributed by atoms with Gasteiger partial charge in [-0.15, -0.1) is 0 Å². The lowest BCUT2D eigenvalue weighted by Crippen LogP contribution is -2.54. The average molecular weight is 495 g/mol. The second-order valence-corrected chi connectivity index (χ2v) is 10.2. The van der Waals surface area contributed by atoms with Crippen LogP contribution >= 0.6 is 11.6 Å². The first-order chi connectivity index (χ1) is 16.5. The van der Waals surface area contributed by atoms with Gasteiger partial charge in [-0.3, -0.25) is 9.59 Å². The largest absolute Gasteiger partial charge is 0.350 e. The number of hydrogen-bond acceptors (Lipinski definition) is 2. The molecule has 0 fully saturated rings. The van der Waals surface area contributed by atoms with Crippen LogP contribution in [0.1, 0.15) is 43.0 Å². The van der Waals surface area contributed by atoms with Gasteiger partial charge in [-0.2, -0.15) is 0 Å². The quantitative estimate of drug-likeness (QED) is 0.425. The van der Waals surface area contributed by atoms with Gasteiger partial charge in [-0.05, 0) is 51.0 Å². The first kappa shape index (κ1) is 26.4. The van der Waals surface area contributed by atoms with Crippen molar-refractivity contribution in [2.45, 2.75) is 58.7 Å². The van der Waals surface area contributed by atoms with Gasteiger partial charge in [0.05, 0.1) is 6.42 Å². The highest BCUT2D eigenvalue weighted by Crippen LogP contribution is 2.23. The molecule has 3 rings (SSSR count). The van der Waals surface area contributed by atoms with Gasteiger partial charge in [0.2, 0.25) is 11.8 Å². The van der Waals surface area contributed by atoms with Gasteiger partial charge in [0, 0.05) is 29.1 Å². The monoisotopic (exact) mass is 494 g/mol. The van der Waals surface area contributed by atoms with E-state index >= 15 is 0 Å². The standard InChI is InChI=1S/C29H32ClFN2O2/c1-20-10-8-13-22(16-20)19-33(27(34)18-23-24(30)14-9-15-25(23)31)26(28(35)32-29(2,3)4)17-21-11-6-5-7-12-21/h5-16,26H,17-19H2,1-4H3,(H,32,35)/t26-/m0/s1. The normalized spacial score (nSPS) is 12.2. The van der Waals surface area contributed by atoms with Gasteiger partial charge in [0.15, 0.2) is 0 Å². The second kappa shape index (κ2) is 11.5. The maximum Gasteiger partial charge on any atom is 0.243 e. The van der Waals surface area contributed by atoms with E-state index in [2.05, 4.69) is 5.32 Å². The van der Waals surface area contributed by atoms with E-state index in [1.54, 1.807) is 11.0 Å². The molecule has 3 aromatic rings. The van der Waals surface area contributed by atoms with Crippen molar-refractivity contribution < 1.29 is 14.0 Å². The van der Waals surface area contributed by atoms with Crippen LogP contribution in [0.15, 0.2) is 72.8 Å². The van der Waals surface area contributed by atoms with Crippen LogP contribution in [0.5, 0.6) is 0 Å². The molecular formula is C29H32ClFN2O2. The molecule has 35 heavy (non-hydrogen) atoms. The summed E-state index contributed by atoms with van der Waals surface area (Å²) in [4.78, 5) is 28.8. The number of nitrogens with one attached hydrogen (secondary N) is 1. The number of carbonyl (C=O) groups excluding carboxylic acids is 2. The van der Waals surface area contributed by atoms with E-state index in [9.17, 15) is 14.0 Å². The third-order valence-electron chi connectivity index (χ3n) is 5.59. The molecule has 0 spiro atoms. The molecule has 0 heterocycles. The van der Waals surface area contributed by atoms with E-state index in [1.165, 1.54) is 12.1 Å². The van der Waals surface area contributed by atoms with Crippen LogP contribution in [0.25, 0.3) is 0 Å². The molecule has 1 N–H and O–H groups in total. The fourth-order valence-corrected chi connectivity index (χ4v) is 4.20. The van der Waals surface area contributed by atoms with Gasteiger partial charge in [-0.25, -0.2) is 4.39 Å². The number of rotatable bonds is 8. The van der Waals surface area contributed by atoms with Crippen molar-refractivity contribution in [2.24, 2.45) is 0 Å². The summed E-state index contributed by atoms with van der Waals surface area (Å²) in [6.45, 7) is 7.88. The van der Waals surface area contributed by atoms with Crippen LogP contribution in [0, 0.1) is 12.7 Å². The molecule has 6 heteroatoms. The molecule has 0 radical (unpaired) electrons. The smallest absolute Gasteiger partial charge is 0.243 e. The van der Waals surface area contributed by atoms with Gasteiger partial charge < -0.3 is 10.2 Å². The lowest BCUT2D eigenvalue weighted by atomic mass is 9.99. The maximum atomic E-state index is 14.5. The minimum absolute atomic E-state index is 0.128. The first-order valence-electron chi connectivity index (χ1n) is 11.7. The summed E-state index contributed by atoms with van der Waals surface area (Å²) in [5, 5.41) is 3.21. The first-order valence-corrected chi connectivity index (χ1v) is 12.0. The highest BCUT2D eigenvalue weighted by Gasteiger charge is 2.32. The number of amides is 2. The average Bonchev–Trinajstić information content (AvgIpc) is 2.78. The van der Waals surface area contributed by atoms with Gasteiger partial charge in [-0.1, -0.05) is 77.8 Å². The van der Waals surface area contributed by atoms with E-state index in [0.717, 1.165) is 16.7 Å². The van der Waals surface area contributed by atoms with Crippen LogP contribution in [-0.2, 0) is 29.0 Å². The summed E-state index contributed by atoms with van der Waals surface area (Å²) in [6, 6.07) is 20.9. The Morgan fingerprint density at radius 2 is 1.63 bits per heavy atom. The summed E-state index contributed by atoms with van der Waals surface area (Å²) < 4.78 is 14.5. The van der Waals surface area contributed by atoms with E-state index in [1.807, 2.05) is 82.3 Å². The molecule has 4 nitrogen and oxygen atoms in total. The van der Waals surface area contributed by atoms with Crippen LogP contribution in [0.4, 0.5) is 4.39 Å². The Hall–Kier alpha value is -3.18. The third-order valence-corrected chi connectivity index (χ3v) is 5.95. The van der Waals surface area contributed by atoms with Crippen molar-refractivity contribution in [3.05, 3.63) is 106 Å². The lowest BCUT2D eigenvalue weighted by molar-refractivity contribution is -0.141. The molecule has 0 aliphatic heterocycles. The number of aryl methyl sites for hydroxylation is 1.